The number of carbonyl (C=O) groups is 4. The molecule has 2 heterocycles. The third-order valence-corrected chi connectivity index (χ3v) is 5.20. The monoisotopic (exact) mass is 412 g/mol. The van der Waals surface area contributed by atoms with Gasteiger partial charge >= 0.3 is 12.0 Å². The Bertz CT molecular complexity index is 1030. The molecule has 1 saturated heterocycles. The van der Waals surface area contributed by atoms with Crippen LogP contribution in [0.3, 0.4) is 0 Å². The fraction of sp³-hybridized carbons (Fsp3) is 0.350. The molecule has 30 heavy (non-hydrogen) atoms. The van der Waals surface area contributed by atoms with Crippen molar-refractivity contribution in [2.75, 3.05) is 18.5 Å². The summed E-state index contributed by atoms with van der Waals surface area (Å²) in [6, 6.07) is 8.31. The summed E-state index contributed by atoms with van der Waals surface area (Å²) in [5, 5.41) is 8.77. The van der Waals surface area contributed by atoms with Gasteiger partial charge in [0, 0.05) is 6.07 Å². The Morgan fingerprint density at radius 2 is 2.13 bits per heavy atom. The van der Waals surface area contributed by atoms with Crippen LogP contribution in [0.15, 0.2) is 34.9 Å². The first-order valence-electron chi connectivity index (χ1n) is 9.50. The third kappa shape index (κ3) is 3.51. The molecule has 2 N–H and O–H groups in total. The maximum atomic E-state index is 13.1. The van der Waals surface area contributed by atoms with Crippen LogP contribution in [0.1, 0.15) is 29.7 Å². The minimum Gasteiger partial charge on any atom is -0.454 e. The van der Waals surface area contributed by atoms with Crippen LogP contribution >= 0.6 is 0 Å². The second-order valence-corrected chi connectivity index (χ2v) is 7.27. The van der Waals surface area contributed by atoms with Crippen LogP contribution in [0.5, 0.6) is 0 Å². The Morgan fingerprint density at radius 1 is 1.33 bits per heavy atom. The van der Waals surface area contributed by atoms with Crippen LogP contribution in [0.4, 0.5) is 10.6 Å². The van der Waals surface area contributed by atoms with Gasteiger partial charge in [-0.25, -0.2) is 4.79 Å². The molecule has 0 bridgehead atoms. The molecule has 2 aliphatic rings. The van der Waals surface area contributed by atoms with Crippen molar-refractivity contribution >= 4 is 29.6 Å². The molecule has 1 aromatic carbocycles. The summed E-state index contributed by atoms with van der Waals surface area (Å²) in [6.45, 7) is 0.506. The van der Waals surface area contributed by atoms with E-state index in [9.17, 15) is 19.2 Å². The molecule has 2 aromatic rings. The number of imide groups is 1. The van der Waals surface area contributed by atoms with E-state index in [0.717, 1.165) is 28.9 Å². The van der Waals surface area contributed by atoms with E-state index in [0.29, 0.717) is 12.2 Å². The number of carbonyl (C=O) groups excluding carboxylic acids is 4. The van der Waals surface area contributed by atoms with E-state index in [4.69, 9.17) is 9.26 Å². The second kappa shape index (κ2) is 7.62. The Morgan fingerprint density at radius 3 is 2.90 bits per heavy atom. The predicted molar refractivity (Wildman–Crippen MR) is 102 cm³/mol. The topological polar surface area (TPSA) is 131 Å². The van der Waals surface area contributed by atoms with Crippen LogP contribution in [-0.2, 0) is 31.1 Å². The zero-order chi connectivity index (χ0) is 21.3. The average molecular weight is 412 g/mol. The van der Waals surface area contributed by atoms with E-state index in [1.54, 1.807) is 6.92 Å². The highest BCUT2D eigenvalue weighted by Gasteiger charge is 2.54. The Hall–Kier alpha value is -3.69. The molecule has 1 aliphatic carbocycles. The molecule has 1 atom stereocenters. The fourth-order valence-corrected chi connectivity index (χ4v) is 3.88. The van der Waals surface area contributed by atoms with Crippen molar-refractivity contribution in [1.82, 2.24) is 15.4 Å². The van der Waals surface area contributed by atoms with Gasteiger partial charge in [0.2, 0.25) is 0 Å². The van der Waals surface area contributed by atoms with E-state index in [2.05, 4.69) is 15.8 Å². The number of urea groups is 1. The van der Waals surface area contributed by atoms with Gasteiger partial charge in [-0.2, -0.15) is 0 Å². The van der Waals surface area contributed by atoms with Crippen molar-refractivity contribution in [3.63, 3.8) is 0 Å². The van der Waals surface area contributed by atoms with E-state index in [1.165, 1.54) is 6.07 Å². The number of aryl methyl sites for hydroxylation is 2. The number of rotatable bonds is 5. The summed E-state index contributed by atoms with van der Waals surface area (Å²) in [4.78, 5) is 50.4. The van der Waals surface area contributed by atoms with Crippen LogP contribution < -0.4 is 10.6 Å². The van der Waals surface area contributed by atoms with Gasteiger partial charge < -0.3 is 19.9 Å². The van der Waals surface area contributed by atoms with Crippen LogP contribution in [0.2, 0.25) is 0 Å². The number of ether oxygens (including phenoxy) is 1. The Balaban J connectivity index is 1.38. The predicted octanol–water partition coefficient (Wildman–Crippen LogP) is 1.25. The van der Waals surface area contributed by atoms with Crippen molar-refractivity contribution in [2.45, 2.75) is 31.7 Å². The minimum absolute atomic E-state index is 0.195. The maximum absolute atomic E-state index is 13.1. The lowest BCUT2D eigenvalue weighted by Gasteiger charge is -2.33. The van der Waals surface area contributed by atoms with Crippen molar-refractivity contribution < 1.29 is 28.4 Å². The van der Waals surface area contributed by atoms with Crippen LogP contribution in [0, 0.1) is 6.92 Å². The Kier molecular flexibility index (Phi) is 4.98. The molecule has 0 unspecified atom stereocenters. The van der Waals surface area contributed by atoms with E-state index >= 15 is 0 Å². The van der Waals surface area contributed by atoms with Gasteiger partial charge in [-0.1, -0.05) is 29.4 Å². The molecular formula is C20H20N4O6. The molecule has 10 nitrogen and oxygen atoms in total. The van der Waals surface area contributed by atoms with Gasteiger partial charge in [0.1, 0.15) is 17.8 Å². The van der Waals surface area contributed by atoms with Gasteiger partial charge in [0.05, 0.1) is 0 Å². The molecular weight excluding hydrogens is 392 g/mol. The molecule has 156 valence electrons. The van der Waals surface area contributed by atoms with Crippen LogP contribution in [-0.4, -0.2) is 47.0 Å². The quantitative estimate of drug-likeness (QED) is 0.558. The number of nitrogens with zero attached hydrogens (tertiary/aromatic N) is 2. The zero-order valence-electron chi connectivity index (χ0n) is 16.3. The van der Waals surface area contributed by atoms with Gasteiger partial charge in [-0.05, 0) is 37.3 Å². The van der Waals surface area contributed by atoms with E-state index in [1.807, 2.05) is 24.3 Å². The van der Waals surface area contributed by atoms with E-state index < -0.39 is 42.5 Å². The second-order valence-electron chi connectivity index (χ2n) is 7.27. The zero-order valence-corrected chi connectivity index (χ0v) is 16.3. The highest BCUT2D eigenvalue weighted by molar-refractivity contribution is 6.09. The number of esters is 1. The van der Waals surface area contributed by atoms with Crippen LogP contribution in [0.25, 0.3) is 0 Å². The number of hydrogen-bond donors (Lipinski definition) is 2. The summed E-state index contributed by atoms with van der Waals surface area (Å²) in [6.07, 6.45) is 2.02. The number of anilines is 1. The lowest BCUT2D eigenvalue weighted by Crippen LogP contribution is -2.46. The molecule has 0 radical (unpaired) electrons. The van der Waals surface area contributed by atoms with Crippen molar-refractivity contribution in [3.8, 4) is 0 Å². The van der Waals surface area contributed by atoms with Gasteiger partial charge in [-0.15, -0.1) is 0 Å². The minimum atomic E-state index is -1.16. The summed E-state index contributed by atoms with van der Waals surface area (Å²) >= 11 is 0. The molecule has 1 aromatic heterocycles. The summed E-state index contributed by atoms with van der Waals surface area (Å²) in [5.41, 5.74) is 0.600. The highest BCUT2D eigenvalue weighted by Crippen LogP contribution is 2.39. The molecule has 1 fully saturated rings. The number of aromatic nitrogens is 1. The first kappa shape index (κ1) is 19.6. The molecule has 0 saturated carbocycles. The SMILES string of the molecule is Cc1cc(NC(=O)COC(=O)CN2C(=O)N[C@@]3(CCCc4ccccc43)C2=O)no1. The number of hydrogen-bond acceptors (Lipinski definition) is 7. The van der Waals surface area contributed by atoms with Crippen molar-refractivity contribution in [2.24, 2.45) is 0 Å². The smallest absolute Gasteiger partial charge is 0.326 e. The lowest BCUT2D eigenvalue weighted by atomic mass is 9.76. The first-order chi connectivity index (χ1) is 14.4. The van der Waals surface area contributed by atoms with Gasteiger partial charge in [-0.3, -0.25) is 19.3 Å². The molecule has 10 heteroatoms. The molecule has 1 spiro atoms. The Labute approximate surface area is 171 Å². The normalized spacial score (nSPS) is 20.1. The lowest BCUT2D eigenvalue weighted by molar-refractivity contribution is -0.150. The molecule has 4 rings (SSSR count). The van der Waals surface area contributed by atoms with Crippen molar-refractivity contribution in [1.29, 1.82) is 0 Å². The van der Waals surface area contributed by atoms with E-state index in [-0.39, 0.29) is 5.82 Å². The number of benzene rings is 1. The number of amides is 4. The van der Waals surface area contributed by atoms with Gasteiger partial charge in [0.25, 0.3) is 11.8 Å². The maximum Gasteiger partial charge on any atom is 0.326 e. The summed E-state index contributed by atoms with van der Waals surface area (Å²) in [7, 11) is 0. The molecule has 4 amide bonds. The number of fused-ring (bicyclic) bond motifs is 2. The largest absolute Gasteiger partial charge is 0.454 e. The summed E-state index contributed by atoms with van der Waals surface area (Å²) < 4.78 is 9.73. The first-order valence-corrected chi connectivity index (χ1v) is 9.50. The van der Waals surface area contributed by atoms with Gasteiger partial charge in [0.15, 0.2) is 12.4 Å². The highest BCUT2D eigenvalue weighted by atomic mass is 16.5. The standard InChI is InChI=1S/C20H20N4O6/c1-12-9-15(23-30-12)21-16(25)11-29-17(26)10-24-18(27)20(22-19(24)28)8-4-6-13-5-2-3-7-14(13)20/h2-3,5,7,9H,4,6,8,10-11H2,1H3,(H,22,28)(H,21,23,25)/t20-/m1/s1. The summed E-state index contributed by atoms with van der Waals surface area (Å²) in [5.74, 6) is -1.27. The third-order valence-electron chi connectivity index (χ3n) is 5.20. The molecule has 1 aliphatic heterocycles. The fourth-order valence-electron chi connectivity index (χ4n) is 3.88. The van der Waals surface area contributed by atoms with Crippen molar-refractivity contribution in [3.05, 3.63) is 47.2 Å². The number of nitrogens with one attached hydrogen (secondary N) is 2. The average Bonchev–Trinajstić information content (AvgIpc) is 3.23.